The van der Waals surface area contributed by atoms with Gasteiger partial charge in [-0.05, 0) is 43.6 Å². The van der Waals surface area contributed by atoms with Crippen molar-refractivity contribution in [2.24, 2.45) is 0 Å². The van der Waals surface area contributed by atoms with Crippen LogP contribution in [0.3, 0.4) is 0 Å². The summed E-state index contributed by atoms with van der Waals surface area (Å²) in [6.07, 6.45) is 2.41. The van der Waals surface area contributed by atoms with Crippen LogP contribution in [0.2, 0.25) is 0 Å². The lowest BCUT2D eigenvalue weighted by Crippen LogP contribution is -2.24. The number of rotatable bonds is 8. The van der Waals surface area contributed by atoms with Crippen molar-refractivity contribution >= 4 is 5.91 Å². The van der Waals surface area contributed by atoms with Gasteiger partial charge in [0.1, 0.15) is 0 Å². The minimum Gasteiger partial charge on any atom is -0.352 e. The second-order valence-corrected chi connectivity index (χ2v) is 6.12. The molecule has 122 valence electrons. The van der Waals surface area contributed by atoms with Crippen LogP contribution in [0.1, 0.15) is 29.5 Å². The van der Waals surface area contributed by atoms with Crippen molar-refractivity contribution in [1.29, 1.82) is 0 Å². The molecule has 0 heterocycles. The Hall–Kier alpha value is -2.13. The summed E-state index contributed by atoms with van der Waals surface area (Å²) in [4.78, 5) is 14.2. The molecular formula is C20H26N2O. The summed E-state index contributed by atoms with van der Waals surface area (Å²) in [6, 6.07) is 18.6. The first-order valence-corrected chi connectivity index (χ1v) is 8.17. The monoisotopic (exact) mass is 310 g/mol. The summed E-state index contributed by atoms with van der Waals surface area (Å²) >= 11 is 0. The van der Waals surface area contributed by atoms with Gasteiger partial charge < -0.3 is 10.2 Å². The number of hydrogen-bond donors (Lipinski definition) is 1. The predicted octanol–water partition coefficient (Wildman–Crippen LogP) is 3.39. The number of amides is 1. The molecule has 0 aliphatic rings. The van der Waals surface area contributed by atoms with Gasteiger partial charge in [0.15, 0.2) is 0 Å². The van der Waals surface area contributed by atoms with Gasteiger partial charge in [-0.25, -0.2) is 0 Å². The Morgan fingerprint density at radius 1 is 0.957 bits per heavy atom. The quantitative estimate of drug-likeness (QED) is 0.810. The van der Waals surface area contributed by atoms with Gasteiger partial charge in [-0.2, -0.15) is 0 Å². The minimum atomic E-state index is 0.126. The Morgan fingerprint density at radius 2 is 1.61 bits per heavy atom. The van der Waals surface area contributed by atoms with E-state index in [1.807, 2.05) is 30.3 Å². The molecule has 0 unspecified atom stereocenters. The zero-order valence-corrected chi connectivity index (χ0v) is 14.1. The van der Waals surface area contributed by atoms with E-state index in [2.05, 4.69) is 48.6 Å². The molecule has 0 radical (unpaired) electrons. The van der Waals surface area contributed by atoms with Crippen LogP contribution in [0, 0.1) is 0 Å². The van der Waals surface area contributed by atoms with Crippen molar-refractivity contribution in [1.82, 2.24) is 10.2 Å². The third-order valence-electron chi connectivity index (χ3n) is 3.79. The second kappa shape index (κ2) is 9.11. The molecule has 1 N–H and O–H groups in total. The fraction of sp³-hybridized carbons (Fsp3) is 0.350. The molecule has 0 saturated carbocycles. The van der Waals surface area contributed by atoms with Crippen LogP contribution < -0.4 is 5.32 Å². The molecule has 23 heavy (non-hydrogen) atoms. The Bertz CT molecular complexity index is 608. The molecule has 3 heteroatoms. The standard InChI is InChI=1S/C20H26N2O/c1-22(2)16-19-13-7-6-12-18(19)15-21-20(23)14-8-11-17-9-4-3-5-10-17/h3-7,9-10,12-13H,8,11,14-16H2,1-2H3,(H,21,23). The highest BCUT2D eigenvalue weighted by Crippen LogP contribution is 2.10. The smallest absolute Gasteiger partial charge is 0.220 e. The molecule has 2 aromatic rings. The molecule has 0 saturated heterocycles. The Kier molecular flexibility index (Phi) is 6.82. The average molecular weight is 310 g/mol. The Morgan fingerprint density at radius 3 is 2.30 bits per heavy atom. The molecule has 0 atom stereocenters. The van der Waals surface area contributed by atoms with Crippen molar-refractivity contribution in [2.75, 3.05) is 14.1 Å². The highest BCUT2D eigenvalue weighted by atomic mass is 16.1. The maximum atomic E-state index is 12.0. The number of carbonyl (C=O) groups excluding carboxylic acids is 1. The number of aryl methyl sites for hydroxylation is 1. The topological polar surface area (TPSA) is 32.3 Å². The maximum absolute atomic E-state index is 12.0. The van der Waals surface area contributed by atoms with E-state index < -0.39 is 0 Å². The van der Waals surface area contributed by atoms with E-state index in [9.17, 15) is 4.79 Å². The summed E-state index contributed by atoms with van der Waals surface area (Å²) in [7, 11) is 4.11. The zero-order valence-electron chi connectivity index (χ0n) is 14.1. The van der Waals surface area contributed by atoms with Crippen molar-refractivity contribution in [3.63, 3.8) is 0 Å². The van der Waals surface area contributed by atoms with Crippen LogP contribution >= 0.6 is 0 Å². The summed E-state index contributed by atoms with van der Waals surface area (Å²) in [6.45, 7) is 1.49. The van der Waals surface area contributed by atoms with E-state index >= 15 is 0 Å². The van der Waals surface area contributed by atoms with E-state index in [1.165, 1.54) is 16.7 Å². The highest BCUT2D eigenvalue weighted by Gasteiger charge is 2.06. The van der Waals surface area contributed by atoms with Crippen LogP contribution in [0.4, 0.5) is 0 Å². The third kappa shape index (κ3) is 6.25. The first-order chi connectivity index (χ1) is 11.1. The first-order valence-electron chi connectivity index (χ1n) is 8.17. The molecule has 2 rings (SSSR count). The van der Waals surface area contributed by atoms with Gasteiger partial charge in [0.2, 0.25) is 5.91 Å². The molecular weight excluding hydrogens is 284 g/mol. The van der Waals surface area contributed by atoms with Gasteiger partial charge in [-0.15, -0.1) is 0 Å². The van der Waals surface area contributed by atoms with Crippen molar-refractivity contribution < 1.29 is 4.79 Å². The van der Waals surface area contributed by atoms with Gasteiger partial charge in [0.25, 0.3) is 0 Å². The van der Waals surface area contributed by atoms with E-state index in [4.69, 9.17) is 0 Å². The van der Waals surface area contributed by atoms with Gasteiger partial charge in [0, 0.05) is 19.5 Å². The number of nitrogens with zero attached hydrogens (tertiary/aromatic N) is 1. The van der Waals surface area contributed by atoms with Crippen LogP contribution in [0.15, 0.2) is 54.6 Å². The van der Waals surface area contributed by atoms with Crippen molar-refractivity contribution in [3.05, 3.63) is 71.3 Å². The van der Waals surface area contributed by atoms with Gasteiger partial charge in [-0.1, -0.05) is 54.6 Å². The molecule has 0 bridgehead atoms. The highest BCUT2D eigenvalue weighted by molar-refractivity contribution is 5.75. The summed E-state index contributed by atoms with van der Waals surface area (Å²) in [5.41, 5.74) is 3.75. The van der Waals surface area contributed by atoms with Crippen LogP contribution in [-0.2, 0) is 24.3 Å². The van der Waals surface area contributed by atoms with E-state index in [1.54, 1.807) is 0 Å². The Balaban J connectivity index is 1.76. The predicted molar refractivity (Wildman–Crippen MR) is 95.1 cm³/mol. The SMILES string of the molecule is CN(C)Cc1ccccc1CNC(=O)CCCc1ccccc1. The molecule has 0 spiro atoms. The number of nitrogens with one attached hydrogen (secondary N) is 1. The lowest BCUT2D eigenvalue weighted by atomic mass is 10.1. The number of carbonyl (C=O) groups is 1. The normalized spacial score (nSPS) is 10.7. The van der Waals surface area contributed by atoms with Crippen LogP contribution in [-0.4, -0.2) is 24.9 Å². The fourth-order valence-corrected chi connectivity index (χ4v) is 2.60. The lowest BCUT2D eigenvalue weighted by molar-refractivity contribution is -0.121. The van der Waals surface area contributed by atoms with Crippen LogP contribution in [0.5, 0.6) is 0 Å². The van der Waals surface area contributed by atoms with Crippen molar-refractivity contribution in [2.45, 2.75) is 32.4 Å². The molecule has 0 aromatic heterocycles. The molecule has 3 nitrogen and oxygen atoms in total. The first kappa shape index (κ1) is 17.2. The van der Waals surface area contributed by atoms with E-state index in [-0.39, 0.29) is 5.91 Å². The molecule has 0 aliphatic heterocycles. The molecule has 0 fully saturated rings. The average Bonchev–Trinajstić information content (AvgIpc) is 2.54. The Labute approximate surface area is 139 Å². The summed E-state index contributed by atoms with van der Waals surface area (Å²) in [5.74, 6) is 0.126. The van der Waals surface area contributed by atoms with E-state index in [0.717, 1.165) is 19.4 Å². The maximum Gasteiger partial charge on any atom is 0.220 e. The molecule has 2 aromatic carbocycles. The van der Waals surface area contributed by atoms with Crippen molar-refractivity contribution in [3.8, 4) is 0 Å². The summed E-state index contributed by atoms with van der Waals surface area (Å²) in [5, 5.41) is 3.04. The number of hydrogen-bond acceptors (Lipinski definition) is 2. The second-order valence-electron chi connectivity index (χ2n) is 6.12. The fourth-order valence-electron chi connectivity index (χ4n) is 2.60. The number of benzene rings is 2. The summed E-state index contributed by atoms with van der Waals surface area (Å²) < 4.78 is 0. The van der Waals surface area contributed by atoms with Gasteiger partial charge >= 0.3 is 0 Å². The van der Waals surface area contributed by atoms with Crippen LogP contribution in [0.25, 0.3) is 0 Å². The van der Waals surface area contributed by atoms with E-state index in [0.29, 0.717) is 13.0 Å². The molecule has 0 aliphatic carbocycles. The third-order valence-corrected chi connectivity index (χ3v) is 3.79. The van der Waals surface area contributed by atoms with Gasteiger partial charge in [-0.3, -0.25) is 4.79 Å². The lowest BCUT2D eigenvalue weighted by Gasteiger charge is -2.14. The largest absolute Gasteiger partial charge is 0.352 e. The molecule has 1 amide bonds. The van der Waals surface area contributed by atoms with Gasteiger partial charge in [0.05, 0.1) is 0 Å². The zero-order chi connectivity index (χ0) is 16.5. The minimum absolute atomic E-state index is 0.126.